The molecule has 1 aliphatic rings. The summed E-state index contributed by atoms with van der Waals surface area (Å²) in [4.78, 5) is 11.9. The highest BCUT2D eigenvalue weighted by Gasteiger charge is 2.41. The monoisotopic (exact) mass is 250 g/mol. The predicted octanol–water partition coefficient (Wildman–Crippen LogP) is 1.86. The van der Waals surface area contributed by atoms with E-state index in [1.165, 1.54) is 12.1 Å². The minimum absolute atomic E-state index is 0.125. The SMILES string of the molecule is CNCC1(CNC(=O)c2ccc(F)c(C)c2)CC1. The molecule has 18 heavy (non-hydrogen) atoms. The van der Waals surface area contributed by atoms with Crippen LogP contribution in [0.5, 0.6) is 0 Å². The fourth-order valence-electron chi connectivity index (χ4n) is 2.12. The Morgan fingerprint density at radius 3 is 2.67 bits per heavy atom. The molecule has 1 aromatic rings. The standard InChI is InChI=1S/C14H19FN2O/c1-10-7-11(3-4-12(10)15)13(18)17-9-14(5-6-14)8-16-2/h3-4,7,16H,5-6,8-9H2,1-2H3,(H,17,18). The van der Waals surface area contributed by atoms with E-state index in [0.29, 0.717) is 17.7 Å². The summed E-state index contributed by atoms with van der Waals surface area (Å²) < 4.78 is 13.1. The van der Waals surface area contributed by atoms with Crippen LogP contribution in [0, 0.1) is 18.2 Å². The van der Waals surface area contributed by atoms with Crippen molar-refractivity contribution in [3.8, 4) is 0 Å². The molecule has 2 N–H and O–H groups in total. The van der Waals surface area contributed by atoms with Crippen molar-refractivity contribution >= 4 is 5.91 Å². The van der Waals surface area contributed by atoms with Gasteiger partial charge in [-0.2, -0.15) is 0 Å². The van der Waals surface area contributed by atoms with Gasteiger partial charge in [0.15, 0.2) is 0 Å². The average Bonchev–Trinajstić information content (AvgIpc) is 3.11. The van der Waals surface area contributed by atoms with Crippen molar-refractivity contribution < 1.29 is 9.18 Å². The molecule has 1 amide bonds. The molecular formula is C14H19FN2O. The number of aryl methyl sites for hydroxylation is 1. The molecule has 1 aliphatic carbocycles. The number of halogens is 1. The molecular weight excluding hydrogens is 231 g/mol. The van der Waals surface area contributed by atoms with Crippen molar-refractivity contribution in [2.75, 3.05) is 20.1 Å². The van der Waals surface area contributed by atoms with E-state index in [2.05, 4.69) is 10.6 Å². The molecule has 0 heterocycles. The molecule has 0 aromatic heterocycles. The van der Waals surface area contributed by atoms with Gasteiger partial charge in [-0.1, -0.05) is 0 Å². The zero-order chi connectivity index (χ0) is 13.2. The van der Waals surface area contributed by atoms with Crippen molar-refractivity contribution in [2.24, 2.45) is 5.41 Å². The van der Waals surface area contributed by atoms with Crippen LogP contribution < -0.4 is 10.6 Å². The van der Waals surface area contributed by atoms with Crippen LogP contribution in [0.2, 0.25) is 0 Å². The molecule has 0 bridgehead atoms. The van der Waals surface area contributed by atoms with Gasteiger partial charge in [-0.25, -0.2) is 4.39 Å². The lowest BCUT2D eigenvalue weighted by Gasteiger charge is -2.15. The molecule has 0 spiro atoms. The number of amides is 1. The Balaban J connectivity index is 1.93. The second kappa shape index (κ2) is 5.06. The van der Waals surface area contributed by atoms with Crippen LogP contribution in [0.4, 0.5) is 4.39 Å². The number of carbonyl (C=O) groups is 1. The maximum atomic E-state index is 13.1. The third-order valence-corrected chi connectivity index (χ3v) is 3.55. The fraction of sp³-hybridized carbons (Fsp3) is 0.500. The van der Waals surface area contributed by atoms with E-state index >= 15 is 0 Å². The number of hydrogen-bond acceptors (Lipinski definition) is 2. The average molecular weight is 250 g/mol. The summed E-state index contributed by atoms with van der Waals surface area (Å²) in [7, 11) is 1.92. The highest BCUT2D eigenvalue weighted by atomic mass is 19.1. The van der Waals surface area contributed by atoms with Crippen LogP contribution >= 0.6 is 0 Å². The highest BCUT2D eigenvalue weighted by molar-refractivity contribution is 5.94. The van der Waals surface area contributed by atoms with Crippen molar-refractivity contribution in [2.45, 2.75) is 19.8 Å². The van der Waals surface area contributed by atoms with Crippen LogP contribution in [0.25, 0.3) is 0 Å². The summed E-state index contributed by atoms with van der Waals surface area (Å²) in [5.41, 5.74) is 1.26. The molecule has 1 saturated carbocycles. The van der Waals surface area contributed by atoms with Gasteiger partial charge in [-0.05, 0) is 50.6 Å². The van der Waals surface area contributed by atoms with Gasteiger partial charge in [0.1, 0.15) is 5.82 Å². The Morgan fingerprint density at radius 1 is 1.39 bits per heavy atom. The number of carbonyl (C=O) groups excluding carboxylic acids is 1. The Morgan fingerprint density at radius 2 is 2.11 bits per heavy atom. The molecule has 1 fully saturated rings. The first kappa shape index (κ1) is 13.0. The lowest BCUT2D eigenvalue weighted by molar-refractivity contribution is 0.0944. The van der Waals surface area contributed by atoms with E-state index in [0.717, 1.165) is 19.4 Å². The maximum absolute atomic E-state index is 13.1. The highest BCUT2D eigenvalue weighted by Crippen LogP contribution is 2.44. The minimum atomic E-state index is -0.277. The van der Waals surface area contributed by atoms with Crippen LogP contribution in [-0.2, 0) is 0 Å². The third-order valence-electron chi connectivity index (χ3n) is 3.55. The molecule has 2 rings (SSSR count). The normalized spacial score (nSPS) is 16.4. The van der Waals surface area contributed by atoms with Gasteiger partial charge in [0.05, 0.1) is 0 Å². The first-order valence-corrected chi connectivity index (χ1v) is 6.25. The van der Waals surface area contributed by atoms with E-state index in [-0.39, 0.29) is 17.1 Å². The molecule has 0 saturated heterocycles. The lowest BCUT2D eigenvalue weighted by Crippen LogP contribution is -2.34. The van der Waals surface area contributed by atoms with Crippen molar-refractivity contribution in [1.29, 1.82) is 0 Å². The van der Waals surface area contributed by atoms with Gasteiger partial charge in [-0.15, -0.1) is 0 Å². The summed E-state index contributed by atoms with van der Waals surface area (Å²) in [6.45, 7) is 3.27. The number of hydrogen-bond donors (Lipinski definition) is 2. The summed E-state index contributed by atoms with van der Waals surface area (Å²) >= 11 is 0. The number of benzene rings is 1. The Hall–Kier alpha value is -1.42. The van der Waals surface area contributed by atoms with E-state index in [1.807, 2.05) is 7.05 Å². The van der Waals surface area contributed by atoms with Crippen LogP contribution in [0.3, 0.4) is 0 Å². The predicted molar refractivity (Wildman–Crippen MR) is 69.1 cm³/mol. The van der Waals surface area contributed by atoms with Gasteiger partial charge in [0, 0.05) is 24.1 Å². The molecule has 4 heteroatoms. The number of rotatable bonds is 5. The summed E-state index contributed by atoms with van der Waals surface area (Å²) in [6, 6.07) is 4.45. The lowest BCUT2D eigenvalue weighted by atomic mass is 10.1. The molecule has 3 nitrogen and oxygen atoms in total. The summed E-state index contributed by atoms with van der Waals surface area (Å²) in [5.74, 6) is -0.402. The number of nitrogens with one attached hydrogen (secondary N) is 2. The van der Waals surface area contributed by atoms with E-state index in [9.17, 15) is 9.18 Å². The second-order valence-corrected chi connectivity index (χ2v) is 5.18. The maximum Gasteiger partial charge on any atom is 0.251 e. The first-order valence-electron chi connectivity index (χ1n) is 6.25. The first-order chi connectivity index (χ1) is 8.56. The quantitative estimate of drug-likeness (QED) is 0.837. The zero-order valence-corrected chi connectivity index (χ0v) is 10.8. The Labute approximate surface area is 107 Å². The van der Waals surface area contributed by atoms with Crippen molar-refractivity contribution in [1.82, 2.24) is 10.6 Å². The minimum Gasteiger partial charge on any atom is -0.351 e. The third kappa shape index (κ3) is 2.88. The zero-order valence-electron chi connectivity index (χ0n) is 10.8. The van der Waals surface area contributed by atoms with Gasteiger partial charge < -0.3 is 10.6 Å². The van der Waals surface area contributed by atoms with Gasteiger partial charge >= 0.3 is 0 Å². The largest absolute Gasteiger partial charge is 0.351 e. The van der Waals surface area contributed by atoms with Gasteiger partial charge in [0.2, 0.25) is 0 Å². The smallest absolute Gasteiger partial charge is 0.251 e. The Bertz CT molecular complexity index is 455. The summed E-state index contributed by atoms with van der Waals surface area (Å²) in [6.07, 6.45) is 2.30. The molecule has 0 unspecified atom stereocenters. The fourth-order valence-corrected chi connectivity index (χ4v) is 2.12. The second-order valence-electron chi connectivity index (χ2n) is 5.18. The van der Waals surface area contributed by atoms with Crippen LogP contribution in [0.1, 0.15) is 28.8 Å². The van der Waals surface area contributed by atoms with Crippen LogP contribution in [-0.4, -0.2) is 26.0 Å². The van der Waals surface area contributed by atoms with Gasteiger partial charge in [-0.3, -0.25) is 4.79 Å². The van der Waals surface area contributed by atoms with Crippen LogP contribution in [0.15, 0.2) is 18.2 Å². The van der Waals surface area contributed by atoms with Gasteiger partial charge in [0.25, 0.3) is 5.91 Å². The Kier molecular flexibility index (Phi) is 3.66. The molecule has 0 radical (unpaired) electrons. The van der Waals surface area contributed by atoms with Crippen molar-refractivity contribution in [3.05, 3.63) is 35.1 Å². The van der Waals surface area contributed by atoms with Crippen molar-refractivity contribution in [3.63, 3.8) is 0 Å². The van der Waals surface area contributed by atoms with E-state index in [1.54, 1.807) is 13.0 Å². The van der Waals surface area contributed by atoms with E-state index in [4.69, 9.17) is 0 Å². The topological polar surface area (TPSA) is 41.1 Å². The molecule has 98 valence electrons. The summed E-state index contributed by atoms with van der Waals surface area (Å²) in [5, 5.41) is 6.08. The molecule has 0 aliphatic heterocycles. The molecule has 0 atom stereocenters. The van der Waals surface area contributed by atoms with E-state index < -0.39 is 0 Å². The molecule has 1 aromatic carbocycles.